The summed E-state index contributed by atoms with van der Waals surface area (Å²) in [7, 11) is 1.59. The van der Waals surface area contributed by atoms with E-state index in [2.05, 4.69) is 10.1 Å². The predicted molar refractivity (Wildman–Crippen MR) is 96.6 cm³/mol. The standard InChI is InChI=1S/C19H25N3O4/c1-4-25-18-12-15(5-6-17(18)24-3)19(23)22-9-7-21(8-10-22)13-16-11-14(2)20-26-16/h5-6,11-12H,4,7-10,13H2,1-3H3. The van der Waals surface area contributed by atoms with E-state index < -0.39 is 0 Å². The molecular weight excluding hydrogens is 334 g/mol. The van der Waals surface area contributed by atoms with E-state index in [1.54, 1.807) is 25.3 Å². The number of methoxy groups -OCH3 is 1. The second-order valence-corrected chi connectivity index (χ2v) is 6.30. The molecule has 0 atom stereocenters. The normalized spacial score (nSPS) is 15.1. The Morgan fingerprint density at radius 2 is 1.96 bits per heavy atom. The zero-order valence-corrected chi connectivity index (χ0v) is 15.5. The summed E-state index contributed by atoms with van der Waals surface area (Å²) in [5.41, 5.74) is 1.51. The molecule has 0 radical (unpaired) electrons. The van der Waals surface area contributed by atoms with Gasteiger partial charge in [0.15, 0.2) is 17.3 Å². The first-order valence-electron chi connectivity index (χ1n) is 8.85. The topological polar surface area (TPSA) is 68.0 Å². The van der Waals surface area contributed by atoms with Gasteiger partial charge in [0.1, 0.15) is 0 Å². The van der Waals surface area contributed by atoms with Crippen LogP contribution in [0.4, 0.5) is 0 Å². The van der Waals surface area contributed by atoms with Crippen LogP contribution in [-0.2, 0) is 6.54 Å². The van der Waals surface area contributed by atoms with Crippen molar-refractivity contribution in [3.05, 3.63) is 41.3 Å². The lowest BCUT2D eigenvalue weighted by Gasteiger charge is -2.34. The van der Waals surface area contributed by atoms with Crippen LogP contribution in [0.5, 0.6) is 11.5 Å². The van der Waals surface area contributed by atoms with Gasteiger partial charge in [-0.15, -0.1) is 0 Å². The first-order chi connectivity index (χ1) is 12.6. The third-order valence-electron chi connectivity index (χ3n) is 4.43. The van der Waals surface area contributed by atoms with Gasteiger partial charge in [0, 0.05) is 37.8 Å². The number of benzene rings is 1. The average Bonchev–Trinajstić information content (AvgIpc) is 3.07. The van der Waals surface area contributed by atoms with Crippen molar-refractivity contribution >= 4 is 5.91 Å². The number of rotatable bonds is 6. The van der Waals surface area contributed by atoms with Gasteiger partial charge >= 0.3 is 0 Å². The molecule has 0 spiro atoms. The number of hydrogen-bond donors (Lipinski definition) is 0. The number of ether oxygens (including phenoxy) is 2. The molecule has 7 nitrogen and oxygen atoms in total. The number of piperazine rings is 1. The van der Waals surface area contributed by atoms with Crippen molar-refractivity contribution in [3.8, 4) is 11.5 Å². The maximum Gasteiger partial charge on any atom is 0.254 e. The molecule has 2 aromatic rings. The second-order valence-electron chi connectivity index (χ2n) is 6.30. The summed E-state index contributed by atoms with van der Waals surface area (Å²) < 4.78 is 16.1. The van der Waals surface area contributed by atoms with E-state index in [-0.39, 0.29) is 5.91 Å². The Kier molecular flexibility index (Phi) is 5.78. The fourth-order valence-electron chi connectivity index (χ4n) is 3.08. The Balaban J connectivity index is 1.60. The molecule has 0 saturated carbocycles. The van der Waals surface area contributed by atoms with E-state index in [0.717, 1.165) is 31.1 Å². The van der Waals surface area contributed by atoms with E-state index >= 15 is 0 Å². The highest BCUT2D eigenvalue weighted by Gasteiger charge is 2.23. The van der Waals surface area contributed by atoms with E-state index in [4.69, 9.17) is 14.0 Å². The van der Waals surface area contributed by atoms with Crippen molar-refractivity contribution in [2.45, 2.75) is 20.4 Å². The maximum absolute atomic E-state index is 12.8. The molecular formula is C19H25N3O4. The molecule has 26 heavy (non-hydrogen) atoms. The van der Waals surface area contributed by atoms with Crippen LogP contribution in [0.25, 0.3) is 0 Å². The third kappa shape index (κ3) is 4.16. The Labute approximate surface area is 153 Å². The number of aryl methyl sites for hydroxylation is 1. The fraction of sp³-hybridized carbons (Fsp3) is 0.474. The van der Waals surface area contributed by atoms with Crippen LogP contribution < -0.4 is 9.47 Å². The van der Waals surface area contributed by atoms with Gasteiger partial charge < -0.3 is 18.9 Å². The van der Waals surface area contributed by atoms with Gasteiger partial charge in [-0.2, -0.15) is 0 Å². The Morgan fingerprint density at radius 1 is 1.19 bits per heavy atom. The minimum absolute atomic E-state index is 0.0174. The number of amides is 1. The zero-order chi connectivity index (χ0) is 18.5. The molecule has 1 aromatic heterocycles. The molecule has 0 N–H and O–H groups in total. The van der Waals surface area contributed by atoms with Crippen LogP contribution in [0.1, 0.15) is 28.7 Å². The third-order valence-corrected chi connectivity index (χ3v) is 4.43. The lowest BCUT2D eigenvalue weighted by molar-refractivity contribution is 0.0617. The summed E-state index contributed by atoms with van der Waals surface area (Å²) in [5.74, 6) is 2.11. The quantitative estimate of drug-likeness (QED) is 0.789. The van der Waals surface area contributed by atoms with Crippen molar-refractivity contribution in [2.24, 2.45) is 0 Å². The molecule has 7 heteroatoms. The van der Waals surface area contributed by atoms with E-state index in [1.807, 2.05) is 24.8 Å². The number of hydrogen-bond acceptors (Lipinski definition) is 6. The predicted octanol–water partition coefficient (Wildman–Crippen LogP) is 2.35. The Hall–Kier alpha value is -2.54. The van der Waals surface area contributed by atoms with Crippen LogP contribution in [0.3, 0.4) is 0 Å². The van der Waals surface area contributed by atoms with Crippen molar-refractivity contribution < 1.29 is 18.8 Å². The highest BCUT2D eigenvalue weighted by atomic mass is 16.5. The summed E-state index contributed by atoms with van der Waals surface area (Å²) >= 11 is 0. The number of nitrogens with zero attached hydrogens (tertiary/aromatic N) is 3. The molecule has 1 aromatic carbocycles. The molecule has 1 fully saturated rings. The smallest absolute Gasteiger partial charge is 0.254 e. The lowest BCUT2D eigenvalue weighted by Crippen LogP contribution is -2.48. The minimum Gasteiger partial charge on any atom is -0.493 e. The zero-order valence-electron chi connectivity index (χ0n) is 15.5. The lowest BCUT2D eigenvalue weighted by atomic mass is 10.1. The summed E-state index contributed by atoms with van der Waals surface area (Å²) in [6.07, 6.45) is 0. The molecule has 2 heterocycles. The van der Waals surface area contributed by atoms with Gasteiger partial charge in [-0.25, -0.2) is 0 Å². The van der Waals surface area contributed by atoms with E-state index in [9.17, 15) is 4.79 Å². The van der Waals surface area contributed by atoms with Crippen molar-refractivity contribution in [1.82, 2.24) is 15.0 Å². The second kappa shape index (κ2) is 8.23. The molecule has 0 unspecified atom stereocenters. The van der Waals surface area contributed by atoms with Gasteiger partial charge in [0.25, 0.3) is 5.91 Å². The minimum atomic E-state index is 0.0174. The van der Waals surface area contributed by atoms with Crippen molar-refractivity contribution in [3.63, 3.8) is 0 Å². The molecule has 3 rings (SSSR count). The summed E-state index contributed by atoms with van der Waals surface area (Å²) in [6, 6.07) is 7.27. The van der Waals surface area contributed by atoms with Crippen LogP contribution in [-0.4, -0.2) is 60.8 Å². The van der Waals surface area contributed by atoms with E-state index in [1.165, 1.54) is 0 Å². The molecule has 0 bridgehead atoms. The molecule has 140 valence electrons. The van der Waals surface area contributed by atoms with Gasteiger partial charge in [-0.1, -0.05) is 5.16 Å². The first-order valence-corrected chi connectivity index (χ1v) is 8.85. The SMILES string of the molecule is CCOc1cc(C(=O)N2CCN(Cc3cc(C)no3)CC2)ccc1OC. The Bertz CT molecular complexity index is 751. The molecule has 1 saturated heterocycles. The highest BCUT2D eigenvalue weighted by molar-refractivity contribution is 5.95. The molecule has 0 aliphatic carbocycles. The summed E-state index contributed by atoms with van der Waals surface area (Å²) in [6.45, 7) is 8.04. The van der Waals surface area contributed by atoms with Crippen LogP contribution in [0.2, 0.25) is 0 Å². The summed E-state index contributed by atoms with van der Waals surface area (Å²) in [5, 5.41) is 3.91. The molecule has 1 amide bonds. The van der Waals surface area contributed by atoms with Crippen LogP contribution in [0.15, 0.2) is 28.8 Å². The van der Waals surface area contributed by atoms with Crippen molar-refractivity contribution in [2.75, 3.05) is 39.9 Å². The number of aromatic nitrogens is 1. The highest BCUT2D eigenvalue weighted by Crippen LogP contribution is 2.28. The summed E-state index contributed by atoms with van der Waals surface area (Å²) in [4.78, 5) is 16.9. The Morgan fingerprint density at radius 3 is 2.58 bits per heavy atom. The molecule has 1 aliphatic rings. The van der Waals surface area contributed by atoms with Crippen LogP contribution >= 0.6 is 0 Å². The van der Waals surface area contributed by atoms with Crippen LogP contribution in [0, 0.1) is 6.92 Å². The van der Waals surface area contributed by atoms with Gasteiger partial charge in [0.05, 0.1) is 26.0 Å². The number of carbonyl (C=O) groups excluding carboxylic acids is 1. The fourth-order valence-corrected chi connectivity index (χ4v) is 3.08. The van der Waals surface area contributed by atoms with Gasteiger partial charge in [0.2, 0.25) is 0 Å². The van der Waals surface area contributed by atoms with Crippen molar-refractivity contribution in [1.29, 1.82) is 0 Å². The van der Waals surface area contributed by atoms with E-state index in [0.29, 0.717) is 36.8 Å². The maximum atomic E-state index is 12.8. The van der Waals surface area contributed by atoms with Gasteiger partial charge in [-0.05, 0) is 32.0 Å². The largest absolute Gasteiger partial charge is 0.493 e. The number of carbonyl (C=O) groups is 1. The monoisotopic (exact) mass is 359 g/mol. The first kappa shape index (κ1) is 18.3. The average molecular weight is 359 g/mol. The molecule has 1 aliphatic heterocycles. The van der Waals surface area contributed by atoms with Gasteiger partial charge in [-0.3, -0.25) is 9.69 Å².